The molecule has 0 spiro atoms. The summed E-state index contributed by atoms with van der Waals surface area (Å²) in [5.74, 6) is 1.51. The lowest BCUT2D eigenvalue weighted by molar-refractivity contribution is -0.120. The first-order chi connectivity index (χ1) is 18.4. The molecule has 10 heteroatoms. The Morgan fingerprint density at radius 3 is 2.63 bits per heavy atom. The topological polar surface area (TPSA) is 123 Å². The minimum Gasteiger partial charge on any atom is -0.454 e. The third kappa shape index (κ3) is 4.80. The van der Waals surface area contributed by atoms with Crippen LogP contribution in [0.15, 0.2) is 78.1 Å². The van der Waals surface area contributed by atoms with E-state index in [0.717, 1.165) is 29.7 Å². The maximum absolute atomic E-state index is 13.4. The maximum atomic E-state index is 13.4. The molecule has 198 valence electrons. The van der Waals surface area contributed by atoms with E-state index in [1.165, 1.54) is 0 Å². The Kier molecular flexibility index (Phi) is 6.21. The Morgan fingerprint density at radius 2 is 1.87 bits per heavy atom. The highest BCUT2D eigenvalue weighted by molar-refractivity contribution is 7.89. The number of hydrogen-bond acceptors (Lipinski definition) is 7. The van der Waals surface area contributed by atoms with Crippen molar-refractivity contribution in [1.82, 2.24) is 19.7 Å². The lowest BCUT2D eigenvalue weighted by Gasteiger charge is -2.15. The van der Waals surface area contributed by atoms with E-state index in [2.05, 4.69) is 14.7 Å². The first kappa shape index (κ1) is 24.3. The summed E-state index contributed by atoms with van der Waals surface area (Å²) < 4.78 is 38.8. The SMILES string of the molecule is O=C(Cc1cccc(-c2ccc(S(=O)(=O)NCCc3cnc[nH]3)cc2)n1)C1(c2ccc3c(c2)OCO3)CC1.[HH].[HH]. The number of hydrogen-bond donors (Lipinski definition) is 2. The lowest BCUT2D eigenvalue weighted by atomic mass is 9.88. The number of benzene rings is 2. The van der Waals surface area contributed by atoms with Gasteiger partial charge in [0.25, 0.3) is 0 Å². The fourth-order valence-electron chi connectivity index (χ4n) is 4.75. The van der Waals surface area contributed by atoms with Gasteiger partial charge in [0.15, 0.2) is 11.5 Å². The summed E-state index contributed by atoms with van der Waals surface area (Å²) in [5, 5.41) is 0. The number of carbonyl (C=O) groups is 1. The van der Waals surface area contributed by atoms with Gasteiger partial charge >= 0.3 is 0 Å². The number of ketones is 1. The van der Waals surface area contributed by atoms with Crippen LogP contribution in [0.1, 0.15) is 32.6 Å². The molecule has 3 heterocycles. The van der Waals surface area contributed by atoms with E-state index in [9.17, 15) is 13.2 Å². The van der Waals surface area contributed by atoms with Gasteiger partial charge in [-0.15, -0.1) is 0 Å². The summed E-state index contributed by atoms with van der Waals surface area (Å²) in [5.41, 5.74) is 3.44. The summed E-state index contributed by atoms with van der Waals surface area (Å²) in [7, 11) is -3.64. The van der Waals surface area contributed by atoms with Gasteiger partial charge in [-0.05, 0) is 54.8 Å². The number of sulfonamides is 1. The van der Waals surface area contributed by atoms with Crippen LogP contribution in [0.3, 0.4) is 0 Å². The minimum absolute atomic E-state index is 0. The molecule has 9 nitrogen and oxygen atoms in total. The third-order valence-electron chi connectivity index (χ3n) is 7.06. The number of pyridine rings is 1. The van der Waals surface area contributed by atoms with Gasteiger partial charge in [0, 0.05) is 45.4 Å². The lowest BCUT2D eigenvalue weighted by Crippen LogP contribution is -2.26. The Bertz CT molecular complexity index is 1590. The first-order valence-electron chi connectivity index (χ1n) is 12.4. The van der Waals surface area contributed by atoms with Crippen LogP contribution >= 0.6 is 0 Å². The van der Waals surface area contributed by atoms with Gasteiger partial charge in [0.2, 0.25) is 16.8 Å². The Morgan fingerprint density at radius 1 is 1.05 bits per heavy atom. The Labute approximate surface area is 223 Å². The predicted octanol–water partition coefficient (Wildman–Crippen LogP) is 4.06. The average molecular weight is 535 g/mol. The van der Waals surface area contributed by atoms with E-state index in [4.69, 9.17) is 14.5 Å². The van der Waals surface area contributed by atoms with E-state index in [1.807, 2.05) is 36.4 Å². The summed E-state index contributed by atoms with van der Waals surface area (Å²) in [6.07, 6.45) is 5.57. The molecular weight excluding hydrogens is 504 g/mol. The molecule has 0 amide bonds. The number of nitrogens with one attached hydrogen (secondary N) is 2. The number of imidazole rings is 1. The summed E-state index contributed by atoms with van der Waals surface area (Å²) >= 11 is 0. The zero-order valence-electron chi connectivity index (χ0n) is 20.5. The van der Waals surface area contributed by atoms with Crippen LogP contribution < -0.4 is 14.2 Å². The van der Waals surface area contributed by atoms with E-state index in [-0.39, 0.29) is 33.3 Å². The molecule has 1 aliphatic heterocycles. The second-order valence-electron chi connectivity index (χ2n) is 9.51. The molecule has 6 rings (SSSR count). The van der Waals surface area contributed by atoms with Crippen molar-refractivity contribution in [3.8, 4) is 22.8 Å². The number of carbonyl (C=O) groups excluding carboxylic acids is 1. The van der Waals surface area contributed by atoms with Gasteiger partial charge in [-0.25, -0.2) is 18.1 Å². The van der Waals surface area contributed by atoms with Crippen LogP contribution in [-0.4, -0.2) is 42.5 Å². The number of aromatic amines is 1. The van der Waals surface area contributed by atoms with Gasteiger partial charge in [-0.2, -0.15) is 0 Å². The van der Waals surface area contributed by atoms with Crippen molar-refractivity contribution in [3.63, 3.8) is 0 Å². The van der Waals surface area contributed by atoms with Gasteiger partial charge in [0.1, 0.15) is 5.78 Å². The molecule has 38 heavy (non-hydrogen) atoms. The third-order valence-corrected chi connectivity index (χ3v) is 8.54. The van der Waals surface area contributed by atoms with Crippen molar-refractivity contribution in [2.75, 3.05) is 13.3 Å². The van der Waals surface area contributed by atoms with E-state index < -0.39 is 15.4 Å². The summed E-state index contributed by atoms with van der Waals surface area (Å²) in [4.78, 5) is 25.1. The van der Waals surface area contributed by atoms with Crippen molar-refractivity contribution in [3.05, 3.63) is 90.1 Å². The van der Waals surface area contributed by atoms with Gasteiger partial charge in [0.05, 0.1) is 22.3 Å². The monoisotopic (exact) mass is 534 g/mol. The van der Waals surface area contributed by atoms with Crippen LogP contribution in [-0.2, 0) is 33.1 Å². The van der Waals surface area contributed by atoms with Crippen molar-refractivity contribution in [2.24, 2.45) is 0 Å². The van der Waals surface area contributed by atoms with Crippen LogP contribution in [0, 0.1) is 0 Å². The van der Waals surface area contributed by atoms with E-state index in [0.29, 0.717) is 29.3 Å². The average Bonchev–Trinajstić information content (AvgIpc) is 3.33. The van der Waals surface area contributed by atoms with Crippen molar-refractivity contribution < 1.29 is 25.5 Å². The molecule has 0 saturated heterocycles. The number of H-pyrrole nitrogens is 1. The molecule has 2 N–H and O–H groups in total. The molecule has 4 aromatic rings. The van der Waals surface area contributed by atoms with Crippen molar-refractivity contribution >= 4 is 15.8 Å². The number of aromatic nitrogens is 3. The molecule has 0 unspecified atom stereocenters. The molecule has 1 saturated carbocycles. The fourth-order valence-corrected chi connectivity index (χ4v) is 5.78. The standard InChI is InChI=1S/C28H26N4O5S.2H2/c33-27(28(11-12-28)20-6-9-25-26(14-20)37-18-36-25)15-21-2-1-3-24(32-21)19-4-7-23(8-5-19)38(34,35)31-13-10-22-16-29-17-30-22;;/h1-9,14,16-17,31H,10-13,15,18H2,(H,29,30);2*1H. The zero-order chi connectivity index (χ0) is 26.2. The molecule has 1 aliphatic carbocycles. The molecule has 2 aromatic heterocycles. The maximum Gasteiger partial charge on any atom is 0.240 e. The fraction of sp³-hybridized carbons (Fsp3) is 0.250. The quantitative estimate of drug-likeness (QED) is 0.315. The summed E-state index contributed by atoms with van der Waals surface area (Å²) in [6, 6.07) is 17.9. The predicted molar refractivity (Wildman–Crippen MR) is 144 cm³/mol. The number of Topliss-reactive ketones (excluding diaryl/α,β-unsaturated/α-hetero) is 1. The minimum atomic E-state index is -3.64. The van der Waals surface area contributed by atoms with Crippen LogP contribution in [0.2, 0.25) is 0 Å². The van der Waals surface area contributed by atoms with Crippen molar-refractivity contribution in [1.29, 1.82) is 0 Å². The highest BCUT2D eigenvalue weighted by Gasteiger charge is 2.51. The van der Waals surface area contributed by atoms with Gasteiger partial charge in [-0.3, -0.25) is 9.78 Å². The number of fused-ring (bicyclic) bond motifs is 1. The van der Waals surface area contributed by atoms with Crippen molar-refractivity contribution in [2.45, 2.75) is 36.0 Å². The molecule has 0 atom stereocenters. The van der Waals surface area contributed by atoms with Gasteiger partial charge < -0.3 is 14.5 Å². The first-order valence-corrected chi connectivity index (χ1v) is 13.9. The van der Waals surface area contributed by atoms with E-state index in [1.54, 1.807) is 36.8 Å². The van der Waals surface area contributed by atoms with E-state index >= 15 is 0 Å². The number of nitrogens with zero attached hydrogens (tertiary/aromatic N) is 2. The molecule has 0 bridgehead atoms. The van der Waals surface area contributed by atoms with Gasteiger partial charge in [-0.1, -0.05) is 24.3 Å². The molecule has 0 radical (unpaired) electrons. The highest BCUT2D eigenvalue weighted by atomic mass is 32.2. The number of ether oxygens (including phenoxy) is 2. The van der Waals surface area contributed by atoms with Crippen LogP contribution in [0.4, 0.5) is 0 Å². The second kappa shape index (κ2) is 9.70. The summed E-state index contributed by atoms with van der Waals surface area (Å²) in [6.45, 7) is 0.462. The largest absolute Gasteiger partial charge is 0.454 e. The Balaban J connectivity index is 0.00000185. The zero-order valence-corrected chi connectivity index (χ0v) is 21.3. The molecule has 2 aliphatic rings. The second-order valence-corrected chi connectivity index (χ2v) is 11.3. The smallest absolute Gasteiger partial charge is 0.240 e. The van der Waals surface area contributed by atoms with Crippen LogP contribution in [0.5, 0.6) is 11.5 Å². The van der Waals surface area contributed by atoms with Crippen LogP contribution in [0.25, 0.3) is 11.3 Å². The molecule has 2 aromatic carbocycles. The normalized spacial score (nSPS) is 15.4. The molecular formula is C28H30N4O5S. The Hall–Kier alpha value is -4.02. The highest BCUT2D eigenvalue weighted by Crippen LogP contribution is 2.51. The molecule has 1 fully saturated rings. The number of rotatable bonds is 10.